The number of carboxylic acids is 1. The van der Waals surface area contributed by atoms with E-state index in [4.69, 9.17) is 4.74 Å². The van der Waals surface area contributed by atoms with Crippen molar-refractivity contribution in [1.29, 1.82) is 0 Å². The molecule has 0 radical (unpaired) electrons. The van der Waals surface area contributed by atoms with Crippen molar-refractivity contribution < 1.29 is 24.5 Å². The van der Waals surface area contributed by atoms with Gasteiger partial charge in [-0.25, -0.2) is 0 Å². The van der Waals surface area contributed by atoms with Crippen molar-refractivity contribution in [3.05, 3.63) is 89.2 Å². The highest BCUT2D eigenvalue weighted by atomic mass is 16.5. The molecule has 0 aliphatic carbocycles. The summed E-state index contributed by atoms with van der Waals surface area (Å²) in [6, 6.07) is 9.78. The van der Waals surface area contributed by atoms with E-state index in [1.54, 1.807) is 48.9 Å². The van der Waals surface area contributed by atoms with Gasteiger partial charge in [0, 0.05) is 36.3 Å². The van der Waals surface area contributed by atoms with Crippen molar-refractivity contribution in [3.8, 4) is 11.5 Å². The number of aromatic hydroxyl groups is 1. The van der Waals surface area contributed by atoms with E-state index in [1.807, 2.05) is 0 Å². The van der Waals surface area contributed by atoms with Gasteiger partial charge in [0.2, 0.25) is 5.78 Å². The molecule has 0 fully saturated rings. The molecule has 3 aromatic rings. The van der Waals surface area contributed by atoms with E-state index in [0.717, 1.165) is 0 Å². The molecule has 29 heavy (non-hydrogen) atoms. The highest BCUT2D eigenvalue weighted by molar-refractivity contribution is 6.15. The van der Waals surface area contributed by atoms with Crippen LogP contribution >= 0.6 is 0 Å². The molecule has 0 spiro atoms. The van der Waals surface area contributed by atoms with Gasteiger partial charge in [0.25, 0.3) is 0 Å². The molecular formula is C22H16N2O5. The van der Waals surface area contributed by atoms with E-state index in [0.29, 0.717) is 11.1 Å². The molecule has 1 aliphatic heterocycles. The van der Waals surface area contributed by atoms with Gasteiger partial charge in [-0.05, 0) is 41.5 Å². The second-order valence-electron chi connectivity index (χ2n) is 6.54. The van der Waals surface area contributed by atoms with Gasteiger partial charge >= 0.3 is 5.97 Å². The number of aromatic nitrogens is 2. The number of carboxylic acid groups (broad SMARTS) is 1. The van der Waals surface area contributed by atoms with Gasteiger partial charge in [-0.2, -0.15) is 0 Å². The van der Waals surface area contributed by atoms with Crippen molar-refractivity contribution in [2.45, 2.75) is 12.3 Å². The molecule has 0 saturated heterocycles. The maximum Gasteiger partial charge on any atom is 0.304 e. The SMILES string of the molecule is O=C(O)C[C@H](c1cccnc1)c1c(O)ccc2c1O/C(=C\c1cccnc1)C2=O. The summed E-state index contributed by atoms with van der Waals surface area (Å²) in [7, 11) is 0. The predicted molar refractivity (Wildman–Crippen MR) is 104 cm³/mol. The number of phenols is 1. The van der Waals surface area contributed by atoms with E-state index in [1.165, 1.54) is 18.3 Å². The molecular weight excluding hydrogens is 372 g/mol. The van der Waals surface area contributed by atoms with Crippen LogP contribution in [-0.4, -0.2) is 31.9 Å². The lowest BCUT2D eigenvalue weighted by atomic mass is 9.87. The molecule has 0 saturated carbocycles. The summed E-state index contributed by atoms with van der Waals surface area (Å²) in [6.07, 6.45) is 7.59. The number of benzene rings is 1. The number of nitrogens with zero attached hydrogens (tertiary/aromatic N) is 2. The second-order valence-corrected chi connectivity index (χ2v) is 6.54. The third-order valence-corrected chi connectivity index (χ3v) is 4.65. The molecule has 1 aromatic carbocycles. The number of carbonyl (C=O) groups excluding carboxylic acids is 1. The first kappa shape index (κ1) is 18.4. The van der Waals surface area contributed by atoms with Crippen LogP contribution in [0.5, 0.6) is 11.5 Å². The Hall–Kier alpha value is -4.00. The van der Waals surface area contributed by atoms with Gasteiger partial charge in [0.1, 0.15) is 11.5 Å². The zero-order chi connectivity index (χ0) is 20.4. The van der Waals surface area contributed by atoms with E-state index in [2.05, 4.69) is 9.97 Å². The number of hydrogen-bond donors (Lipinski definition) is 2. The number of rotatable bonds is 5. The molecule has 1 aliphatic rings. The van der Waals surface area contributed by atoms with Crippen LogP contribution in [0.15, 0.2) is 66.9 Å². The quantitative estimate of drug-likeness (QED) is 0.645. The number of pyridine rings is 2. The standard InChI is InChI=1S/C22H16N2O5/c25-17-6-5-15-21(28)18(9-13-3-1-7-23-11-13)29-22(15)20(17)16(10-19(26)27)14-4-2-8-24-12-14/h1-9,11-12,16,25H,10H2,(H,26,27)/b18-9-/t16-/m1/s1. The maximum atomic E-state index is 12.8. The number of aliphatic carboxylic acids is 1. The van der Waals surface area contributed by atoms with E-state index < -0.39 is 11.9 Å². The summed E-state index contributed by atoms with van der Waals surface area (Å²) < 4.78 is 5.83. The Bertz CT molecular complexity index is 1110. The maximum absolute atomic E-state index is 12.8. The molecule has 1 atom stereocenters. The molecule has 0 amide bonds. The van der Waals surface area contributed by atoms with Gasteiger partial charge in [0.15, 0.2) is 5.76 Å². The molecule has 144 valence electrons. The zero-order valence-corrected chi connectivity index (χ0v) is 15.1. The summed E-state index contributed by atoms with van der Waals surface area (Å²) in [6.45, 7) is 0. The molecule has 4 rings (SSSR count). The number of phenolic OH excluding ortho intramolecular Hbond substituents is 1. The van der Waals surface area contributed by atoms with Gasteiger partial charge in [-0.15, -0.1) is 0 Å². The molecule has 0 unspecified atom stereocenters. The Morgan fingerprint density at radius 2 is 1.86 bits per heavy atom. The van der Waals surface area contributed by atoms with Crippen LogP contribution < -0.4 is 4.74 Å². The summed E-state index contributed by atoms with van der Waals surface area (Å²) >= 11 is 0. The van der Waals surface area contributed by atoms with Crippen LogP contribution in [0.1, 0.15) is 39.4 Å². The minimum atomic E-state index is -1.05. The summed E-state index contributed by atoms with van der Waals surface area (Å²) in [5.74, 6) is -2.02. The number of hydrogen-bond acceptors (Lipinski definition) is 6. The third-order valence-electron chi connectivity index (χ3n) is 4.65. The second kappa shape index (κ2) is 7.55. The molecule has 7 nitrogen and oxygen atoms in total. The Morgan fingerprint density at radius 1 is 1.10 bits per heavy atom. The van der Waals surface area contributed by atoms with Gasteiger partial charge in [-0.3, -0.25) is 19.6 Å². The van der Waals surface area contributed by atoms with E-state index >= 15 is 0 Å². The van der Waals surface area contributed by atoms with E-state index in [9.17, 15) is 19.8 Å². The fourth-order valence-electron chi connectivity index (χ4n) is 3.35. The lowest BCUT2D eigenvalue weighted by Crippen LogP contribution is -2.10. The summed E-state index contributed by atoms with van der Waals surface area (Å²) in [5, 5.41) is 20.0. The fourth-order valence-corrected chi connectivity index (χ4v) is 3.35. The Labute approximate surface area is 166 Å². The number of ether oxygens (including phenoxy) is 1. The molecule has 0 bridgehead atoms. The lowest BCUT2D eigenvalue weighted by Gasteiger charge is -2.19. The fraction of sp³-hybridized carbons (Fsp3) is 0.0909. The van der Waals surface area contributed by atoms with Crippen LogP contribution in [0.3, 0.4) is 0 Å². The summed E-state index contributed by atoms with van der Waals surface area (Å²) in [5.41, 5.74) is 1.80. The van der Waals surface area contributed by atoms with E-state index in [-0.39, 0.29) is 40.6 Å². The number of fused-ring (bicyclic) bond motifs is 1. The van der Waals surface area contributed by atoms with Gasteiger partial charge in [-0.1, -0.05) is 12.1 Å². The van der Waals surface area contributed by atoms with Crippen LogP contribution in [0.25, 0.3) is 6.08 Å². The number of carbonyl (C=O) groups is 2. The zero-order valence-electron chi connectivity index (χ0n) is 15.1. The Kier molecular flexibility index (Phi) is 4.78. The van der Waals surface area contributed by atoms with Crippen molar-refractivity contribution in [2.24, 2.45) is 0 Å². The molecule has 2 aromatic heterocycles. The Morgan fingerprint density at radius 3 is 2.52 bits per heavy atom. The first-order chi connectivity index (χ1) is 14.0. The lowest BCUT2D eigenvalue weighted by molar-refractivity contribution is -0.137. The minimum absolute atomic E-state index is 0.0834. The average molecular weight is 388 g/mol. The predicted octanol–water partition coefficient (Wildman–Crippen LogP) is 3.41. The topological polar surface area (TPSA) is 110 Å². The highest BCUT2D eigenvalue weighted by Crippen LogP contribution is 2.46. The first-order valence-electron chi connectivity index (χ1n) is 8.86. The van der Waals surface area contributed by atoms with Crippen molar-refractivity contribution in [1.82, 2.24) is 9.97 Å². The Balaban J connectivity index is 1.83. The number of allylic oxidation sites excluding steroid dienone is 1. The van der Waals surface area contributed by atoms with Crippen LogP contribution in [0.4, 0.5) is 0 Å². The molecule has 7 heteroatoms. The van der Waals surface area contributed by atoms with Crippen molar-refractivity contribution >= 4 is 17.8 Å². The largest absolute Gasteiger partial charge is 0.508 e. The monoisotopic (exact) mass is 388 g/mol. The van der Waals surface area contributed by atoms with Gasteiger partial charge < -0.3 is 14.9 Å². The minimum Gasteiger partial charge on any atom is -0.508 e. The van der Waals surface area contributed by atoms with Gasteiger partial charge in [0.05, 0.1) is 12.0 Å². The molecule has 2 N–H and O–H groups in total. The first-order valence-corrected chi connectivity index (χ1v) is 8.86. The molecule has 3 heterocycles. The normalized spacial score (nSPS) is 15.0. The highest BCUT2D eigenvalue weighted by Gasteiger charge is 2.35. The third kappa shape index (κ3) is 3.58. The number of ketones is 1. The number of Topliss-reactive ketones (excluding diaryl/α,β-unsaturated/α-hetero) is 1. The van der Waals surface area contributed by atoms with Crippen molar-refractivity contribution in [3.63, 3.8) is 0 Å². The summed E-state index contributed by atoms with van der Waals surface area (Å²) in [4.78, 5) is 32.4. The smallest absolute Gasteiger partial charge is 0.304 e. The average Bonchev–Trinajstić information content (AvgIpc) is 3.03. The van der Waals surface area contributed by atoms with Crippen LogP contribution in [0, 0.1) is 0 Å². The van der Waals surface area contributed by atoms with Crippen LogP contribution in [-0.2, 0) is 4.79 Å². The van der Waals surface area contributed by atoms with Crippen LogP contribution in [0.2, 0.25) is 0 Å². The van der Waals surface area contributed by atoms with Crippen molar-refractivity contribution in [2.75, 3.05) is 0 Å².